The third kappa shape index (κ3) is 3.66. The minimum Gasteiger partial charge on any atom is -0.368 e. The minimum atomic E-state index is -0.833. The van der Waals surface area contributed by atoms with Crippen LogP contribution in [0.4, 0.5) is 0 Å². The number of hydrogen-bond acceptors (Lipinski definition) is 2. The Balaban J connectivity index is 1.86. The van der Waals surface area contributed by atoms with E-state index in [4.69, 9.17) is 5.73 Å². The molecule has 0 saturated heterocycles. The molecule has 2 amide bonds. The Kier molecular flexibility index (Phi) is 5.17. The Bertz CT molecular complexity index is 1030. The van der Waals surface area contributed by atoms with E-state index in [-0.39, 0.29) is 11.9 Å². The molecule has 2 N–H and O–H groups in total. The topological polar surface area (TPSA) is 63.4 Å². The van der Waals surface area contributed by atoms with E-state index in [2.05, 4.69) is 18.2 Å². The van der Waals surface area contributed by atoms with Crippen molar-refractivity contribution in [1.82, 2.24) is 4.90 Å². The molecule has 29 heavy (non-hydrogen) atoms. The number of rotatable bonds is 5. The number of carbonyl (C=O) groups excluding carboxylic acids is 2. The van der Waals surface area contributed by atoms with Crippen molar-refractivity contribution in [3.63, 3.8) is 0 Å². The Morgan fingerprint density at radius 2 is 1.62 bits per heavy atom. The van der Waals surface area contributed by atoms with Crippen LogP contribution >= 0.6 is 0 Å². The SMILES string of the molecule is Cc1ccc2c(c1)[C@H](N(C(=O)c1ccccc1)[C@@H](C(N)=O)c1ccccc1)CC2. The third-order valence-electron chi connectivity index (χ3n) is 5.60. The van der Waals surface area contributed by atoms with E-state index < -0.39 is 11.9 Å². The number of fused-ring (bicyclic) bond motifs is 1. The molecule has 2 atom stereocenters. The van der Waals surface area contributed by atoms with Crippen LogP contribution in [-0.4, -0.2) is 16.7 Å². The maximum atomic E-state index is 13.7. The van der Waals surface area contributed by atoms with Crippen LogP contribution in [-0.2, 0) is 11.2 Å². The molecule has 4 rings (SSSR count). The van der Waals surface area contributed by atoms with Crippen molar-refractivity contribution < 1.29 is 9.59 Å². The van der Waals surface area contributed by atoms with Crippen LogP contribution in [0.25, 0.3) is 0 Å². The maximum absolute atomic E-state index is 13.7. The van der Waals surface area contributed by atoms with Gasteiger partial charge in [-0.25, -0.2) is 0 Å². The van der Waals surface area contributed by atoms with Gasteiger partial charge in [0.15, 0.2) is 0 Å². The molecule has 0 aromatic heterocycles. The average molecular weight is 384 g/mol. The van der Waals surface area contributed by atoms with Crippen LogP contribution in [0, 0.1) is 6.92 Å². The molecule has 1 aliphatic carbocycles. The van der Waals surface area contributed by atoms with Gasteiger partial charge in [0.05, 0.1) is 6.04 Å². The van der Waals surface area contributed by atoms with Crippen molar-refractivity contribution in [3.8, 4) is 0 Å². The summed E-state index contributed by atoms with van der Waals surface area (Å²) in [6.45, 7) is 2.04. The summed E-state index contributed by atoms with van der Waals surface area (Å²) in [5.74, 6) is -0.709. The molecule has 0 spiro atoms. The second kappa shape index (κ2) is 7.92. The van der Waals surface area contributed by atoms with Gasteiger partial charge < -0.3 is 10.6 Å². The Labute approximate surface area is 171 Å². The fourth-order valence-corrected chi connectivity index (χ4v) is 4.25. The van der Waals surface area contributed by atoms with Gasteiger partial charge in [0.2, 0.25) is 5.91 Å². The standard InChI is InChI=1S/C25H24N2O2/c1-17-12-13-18-14-15-22(21(18)16-17)27(25(29)20-10-6-3-7-11-20)23(24(26)28)19-8-4-2-5-9-19/h2-13,16,22-23H,14-15H2,1H3,(H2,26,28)/t22-,23-/m1/s1. The molecule has 0 radical (unpaired) electrons. The molecule has 0 bridgehead atoms. The predicted molar refractivity (Wildman–Crippen MR) is 113 cm³/mol. The van der Waals surface area contributed by atoms with Crippen LogP contribution in [0.1, 0.15) is 51.1 Å². The second-order valence-corrected chi connectivity index (χ2v) is 7.55. The normalized spacial score (nSPS) is 16.1. The lowest BCUT2D eigenvalue weighted by Gasteiger charge is -2.36. The summed E-state index contributed by atoms with van der Waals surface area (Å²) in [5.41, 5.74) is 10.6. The van der Waals surface area contributed by atoms with Crippen molar-refractivity contribution >= 4 is 11.8 Å². The number of hydrogen-bond donors (Lipinski definition) is 1. The number of amides is 2. The number of nitrogens with two attached hydrogens (primary N) is 1. The Morgan fingerprint density at radius 1 is 0.966 bits per heavy atom. The fraction of sp³-hybridized carbons (Fsp3) is 0.200. The van der Waals surface area contributed by atoms with Gasteiger partial charge in [-0.2, -0.15) is 0 Å². The third-order valence-corrected chi connectivity index (χ3v) is 5.60. The van der Waals surface area contributed by atoms with Crippen LogP contribution in [0.5, 0.6) is 0 Å². The van der Waals surface area contributed by atoms with Crippen molar-refractivity contribution in [2.24, 2.45) is 5.73 Å². The molecule has 146 valence electrons. The van der Waals surface area contributed by atoms with E-state index in [1.54, 1.807) is 17.0 Å². The van der Waals surface area contributed by atoms with Crippen molar-refractivity contribution in [3.05, 3.63) is 107 Å². The lowest BCUT2D eigenvalue weighted by molar-refractivity contribution is -0.123. The van der Waals surface area contributed by atoms with Crippen LogP contribution in [0.15, 0.2) is 78.9 Å². The molecule has 4 heteroatoms. The van der Waals surface area contributed by atoms with Crippen LogP contribution < -0.4 is 5.73 Å². The second-order valence-electron chi connectivity index (χ2n) is 7.55. The summed E-state index contributed by atoms with van der Waals surface area (Å²) in [4.78, 5) is 28.0. The molecule has 1 aliphatic rings. The number of carbonyl (C=O) groups is 2. The number of aryl methyl sites for hydroxylation is 2. The van der Waals surface area contributed by atoms with Gasteiger partial charge in [-0.1, -0.05) is 72.3 Å². The highest BCUT2D eigenvalue weighted by atomic mass is 16.2. The van der Waals surface area contributed by atoms with E-state index in [0.29, 0.717) is 5.56 Å². The van der Waals surface area contributed by atoms with Gasteiger partial charge in [-0.05, 0) is 48.6 Å². The average Bonchev–Trinajstić information content (AvgIpc) is 3.15. The summed E-state index contributed by atoms with van der Waals surface area (Å²) in [6.07, 6.45) is 1.65. The van der Waals surface area contributed by atoms with E-state index in [1.807, 2.05) is 55.5 Å². The van der Waals surface area contributed by atoms with Crippen LogP contribution in [0.2, 0.25) is 0 Å². The molecule has 3 aromatic carbocycles. The van der Waals surface area contributed by atoms with Gasteiger partial charge in [-0.15, -0.1) is 0 Å². The molecular weight excluding hydrogens is 360 g/mol. The van der Waals surface area contributed by atoms with Gasteiger partial charge in [0.1, 0.15) is 6.04 Å². The largest absolute Gasteiger partial charge is 0.368 e. The monoisotopic (exact) mass is 384 g/mol. The van der Waals surface area contributed by atoms with Crippen molar-refractivity contribution in [2.45, 2.75) is 31.8 Å². The summed E-state index contributed by atoms with van der Waals surface area (Å²) >= 11 is 0. The minimum absolute atomic E-state index is 0.183. The number of benzene rings is 3. The fourth-order valence-electron chi connectivity index (χ4n) is 4.25. The molecule has 0 aliphatic heterocycles. The first kappa shape index (κ1) is 18.9. The molecule has 0 heterocycles. The van der Waals surface area contributed by atoms with Gasteiger partial charge in [-0.3, -0.25) is 9.59 Å². The Morgan fingerprint density at radius 3 is 2.28 bits per heavy atom. The molecule has 0 fully saturated rings. The van der Waals surface area contributed by atoms with E-state index in [1.165, 1.54) is 5.56 Å². The van der Waals surface area contributed by atoms with Gasteiger partial charge >= 0.3 is 0 Å². The van der Waals surface area contributed by atoms with E-state index in [0.717, 1.165) is 29.5 Å². The van der Waals surface area contributed by atoms with Gasteiger partial charge in [0.25, 0.3) is 5.91 Å². The quantitative estimate of drug-likeness (QED) is 0.711. The summed E-state index contributed by atoms with van der Waals surface area (Å²) < 4.78 is 0. The zero-order valence-corrected chi connectivity index (χ0v) is 16.4. The molecular formula is C25H24N2O2. The lowest BCUT2D eigenvalue weighted by Crippen LogP contribution is -2.43. The van der Waals surface area contributed by atoms with E-state index >= 15 is 0 Å². The summed E-state index contributed by atoms with van der Waals surface area (Å²) in [7, 11) is 0. The summed E-state index contributed by atoms with van der Waals surface area (Å²) in [6, 6.07) is 23.7. The highest BCUT2D eigenvalue weighted by molar-refractivity contribution is 5.98. The first-order valence-corrected chi connectivity index (χ1v) is 9.87. The highest BCUT2D eigenvalue weighted by Crippen LogP contribution is 2.41. The highest BCUT2D eigenvalue weighted by Gasteiger charge is 2.39. The van der Waals surface area contributed by atoms with Crippen LogP contribution in [0.3, 0.4) is 0 Å². The number of nitrogens with zero attached hydrogens (tertiary/aromatic N) is 1. The van der Waals surface area contributed by atoms with Gasteiger partial charge in [0, 0.05) is 5.56 Å². The van der Waals surface area contributed by atoms with E-state index in [9.17, 15) is 9.59 Å². The molecule has 4 nitrogen and oxygen atoms in total. The number of primary amides is 1. The molecule has 0 saturated carbocycles. The maximum Gasteiger partial charge on any atom is 0.255 e. The van der Waals surface area contributed by atoms with Crippen molar-refractivity contribution in [2.75, 3.05) is 0 Å². The molecule has 3 aromatic rings. The predicted octanol–water partition coefficient (Wildman–Crippen LogP) is 4.35. The zero-order chi connectivity index (χ0) is 20.4. The summed E-state index contributed by atoms with van der Waals surface area (Å²) in [5, 5.41) is 0. The smallest absolute Gasteiger partial charge is 0.255 e. The first-order chi connectivity index (χ1) is 14.1. The zero-order valence-electron chi connectivity index (χ0n) is 16.4. The Hall–Kier alpha value is -3.40. The lowest BCUT2D eigenvalue weighted by atomic mass is 9.97. The van der Waals surface area contributed by atoms with Crippen molar-refractivity contribution in [1.29, 1.82) is 0 Å². The molecule has 0 unspecified atom stereocenters. The first-order valence-electron chi connectivity index (χ1n) is 9.87.